The second kappa shape index (κ2) is 9.57. The highest BCUT2D eigenvalue weighted by atomic mass is 35.5. The standard InChI is InChI=1S/C19H21Cl2N3O2/c1-24(2)12-17(13-6-4-3-5-7-13)23-18(25)11-22-19(26)15-9-8-14(20)10-16(15)21/h3-10,17H,11-12H2,1-2H3,(H,22,26)(H,23,25)/p+1/t17-/m1/s1. The predicted octanol–water partition coefficient (Wildman–Crippen LogP) is 1.73. The third kappa shape index (κ3) is 6.02. The highest BCUT2D eigenvalue weighted by Gasteiger charge is 2.18. The molecule has 26 heavy (non-hydrogen) atoms. The molecule has 138 valence electrons. The first-order valence-electron chi connectivity index (χ1n) is 8.23. The van der Waals surface area contributed by atoms with Crippen molar-refractivity contribution in [2.24, 2.45) is 0 Å². The van der Waals surface area contributed by atoms with E-state index in [1.54, 1.807) is 6.07 Å². The van der Waals surface area contributed by atoms with Gasteiger partial charge in [0.15, 0.2) is 0 Å². The highest BCUT2D eigenvalue weighted by Crippen LogP contribution is 2.20. The molecule has 0 saturated carbocycles. The lowest BCUT2D eigenvalue weighted by Gasteiger charge is -2.21. The van der Waals surface area contributed by atoms with Gasteiger partial charge in [-0.1, -0.05) is 53.5 Å². The zero-order valence-electron chi connectivity index (χ0n) is 14.7. The molecule has 5 nitrogen and oxygen atoms in total. The molecule has 0 heterocycles. The molecule has 0 unspecified atom stereocenters. The summed E-state index contributed by atoms with van der Waals surface area (Å²) >= 11 is 11.8. The minimum atomic E-state index is -0.420. The lowest BCUT2D eigenvalue weighted by atomic mass is 10.1. The lowest BCUT2D eigenvalue weighted by Crippen LogP contribution is -3.06. The summed E-state index contributed by atoms with van der Waals surface area (Å²) in [6, 6.07) is 14.2. The number of carbonyl (C=O) groups excluding carboxylic acids is 2. The fourth-order valence-corrected chi connectivity index (χ4v) is 3.01. The van der Waals surface area contributed by atoms with Crippen LogP contribution in [0.1, 0.15) is 22.0 Å². The summed E-state index contributed by atoms with van der Waals surface area (Å²) in [7, 11) is 4.04. The molecule has 0 aromatic heterocycles. The van der Waals surface area contributed by atoms with Crippen LogP contribution in [-0.2, 0) is 4.79 Å². The molecule has 0 aliphatic rings. The number of rotatable bonds is 7. The van der Waals surface area contributed by atoms with Gasteiger partial charge in [0.25, 0.3) is 5.91 Å². The van der Waals surface area contributed by atoms with Gasteiger partial charge in [-0.15, -0.1) is 0 Å². The van der Waals surface area contributed by atoms with E-state index in [-0.39, 0.29) is 29.1 Å². The maximum absolute atomic E-state index is 12.3. The van der Waals surface area contributed by atoms with Gasteiger partial charge in [-0.2, -0.15) is 0 Å². The number of likely N-dealkylation sites (N-methyl/N-ethyl adjacent to an activating group) is 1. The van der Waals surface area contributed by atoms with Crippen LogP contribution < -0.4 is 15.5 Å². The van der Waals surface area contributed by atoms with E-state index in [1.165, 1.54) is 17.0 Å². The predicted molar refractivity (Wildman–Crippen MR) is 104 cm³/mol. The summed E-state index contributed by atoms with van der Waals surface area (Å²) in [6.45, 7) is 0.594. The first kappa shape index (κ1) is 20.2. The Bertz CT molecular complexity index is 767. The molecule has 2 rings (SSSR count). The van der Waals surface area contributed by atoms with Crippen LogP contribution in [0, 0.1) is 0 Å². The molecule has 0 aliphatic heterocycles. The van der Waals surface area contributed by atoms with Crippen LogP contribution in [0.25, 0.3) is 0 Å². The molecule has 2 amide bonds. The zero-order chi connectivity index (χ0) is 19.1. The smallest absolute Gasteiger partial charge is 0.253 e. The Morgan fingerprint density at radius 3 is 2.38 bits per heavy atom. The van der Waals surface area contributed by atoms with Crippen LogP contribution >= 0.6 is 23.2 Å². The van der Waals surface area contributed by atoms with Crippen molar-refractivity contribution in [3.8, 4) is 0 Å². The molecule has 2 aromatic rings. The quantitative estimate of drug-likeness (QED) is 0.669. The summed E-state index contributed by atoms with van der Waals surface area (Å²) in [5, 5.41) is 6.24. The Labute approximate surface area is 163 Å². The maximum atomic E-state index is 12.3. The Morgan fingerprint density at radius 2 is 1.77 bits per heavy atom. The van der Waals surface area contributed by atoms with Crippen LogP contribution in [0.5, 0.6) is 0 Å². The molecule has 3 N–H and O–H groups in total. The topological polar surface area (TPSA) is 62.6 Å². The minimum absolute atomic E-state index is 0.135. The van der Waals surface area contributed by atoms with Gasteiger partial charge in [-0.25, -0.2) is 0 Å². The van der Waals surface area contributed by atoms with E-state index in [0.29, 0.717) is 5.02 Å². The molecule has 0 radical (unpaired) electrons. The Kier molecular flexibility index (Phi) is 7.45. The van der Waals surface area contributed by atoms with Gasteiger partial charge in [0.2, 0.25) is 5.91 Å². The van der Waals surface area contributed by atoms with Gasteiger partial charge in [-0.05, 0) is 23.8 Å². The number of benzene rings is 2. The number of carbonyl (C=O) groups is 2. The van der Waals surface area contributed by atoms with Gasteiger partial charge < -0.3 is 15.5 Å². The van der Waals surface area contributed by atoms with Crippen LogP contribution in [0.3, 0.4) is 0 Å². The maximum Gasteiger partial charge on any atom is 0.253 e. The summed E-state index contributed by atoms with van der Waals surface area (Å²) in [4.78, 5) is 25.7. The van der Waals surface area contributed by atoms with Gasteiger partial charge in [0.05, 0.1) is 31.2 Å². The second-order valence-corrected chi connectivity index (χ2v) is 7.09. The van der Waals surface area contributed by atoms with Crippen molar-refractivity contribution in [3.05, 3.63) is 69.7 Å². The fraction of sp³-hybridized carbons (Fsp3) is 0.263. The van der Waals surface area contributed by atoms with Crippen molar-refractivity contribution < 1.29 is 14.5 Å². The van der Waals surface area contributed by atoms with E-state index >= 15 is 0 Å². The molecular formula is C19H22Cl2N3O2+. The van der Waals surface area contributed by atoms with Gasteiger partial charge in [0.1, 0.15) is 12.6 Å². The van der Waals surface area contributed by atoms with Crippen molar-refractivity contribution in [1.82, 2.24) is 10.6 Å². The molecule has 1 atom stereocenters. The molecule has 2 aromatic carbocycles. The molecule has 7 heteroatoms. The van der Waals surface area contributed by atoms with Crippen molar-refractivity contribution in [2.45, 2.75) is 6.04 Å². The van der Waals surface area contributed by atoms with Gasteiger partial charge >= 0.3 is 0 Å². The third-order valence-electron chi connectivity index (χ3n) is 3.73. The number of hydrogen-bond acceptors (Lipinski definition) is 2. The van der Waals surface area contributed by atoms with E-state index in [1.807, 2.05) is 44.4 Å². The van der Waals surface area contributed by atoms with Crippen LogP contribution in [0.2, 0.25) is 10.0 Å². The number of hydrogen-bond donors (Lipinski definition) is 3. The average molecular weight is 395 g/mol. The molecular weight excluding hydrogens is 373 g/mol. The Balaban J connectivity index is 1.96. The number of quaternary nitrogens is 1. The number of nitrogens with one attached hydrogen (secondary N) is 3. The molecule has 0 spiro atoms. The van der Waals surface area contributed by atoms with Crippen molar-refractivity contribution in [3.63, 3.8) is 0 Å². The molecule has 0 aliphatic carbocycles. The monoisotopic (exact) mass is 394 g/mol. The SMILES string of the molecule is C[NH+](C)C[C@@H](NC(=O)CNC(=O)c1ccc(Cl)cc1Cl)c1ccccc1. The van der Waals surface area contributed by atoms with Gasteiger partial charge in [0, 0.05) is 5.02 Å². The van der Waals surface area contributed by atoms with Crippen molar-refractivity contribution in [1.29, 1.82) is 0 Å². The Hall–Kier alpha value is -2.08. The number of halogens is 2. The lowest BCUT2D eigenvalue weighted by molar-refractivity contribution is -0.860. The van der Waals surface area contributed by atoms with Crippen molar-refractivity contribution >= 4 is 35.0 Å². The van der Waals surface area contributed by atoms with Crippen LogP contribution in [0.4, 0.5) is 0 Å². The molecule has 0 saturated heterocycles. The highest BCUT2D eigenvalue weighted by molar-refractivity contribution is 6.36. The van der Waals surface area contributed by atoms with E-state index in [0.717, 1.165) is 12.1 Å². The van der Waals surface area contributed by atoms with E-state index in [4.69, 9.17) is 23.2 Å². The average Bonchev–Trinajstić information content (AvgIpc) is 2.59. The molecule has 0 fully saturated rings. The largest absolute Gasteiger partial charge is 0.343 e. The van der Waals surface area contributed by atoms with E-state index in [9.17, 15) is 9.59 Å². The van der Waals surface area contributed by atoms with Crippen molar-refractivity contribution in [2.75, 3.05) is 27.2 Å². The minimum Gasteiger partial charge on any atom is -0.343 e. The second-order valence-electron chi connectivity index (χ2n) is 6.25. The first-order chi connectivity index (χ1) is 12.4. The third-order valence-corrected chi connectivity index (χ3v) is 4.28. The van der Waals surface area contributed by atoms with Crippen LogP contribution in [0.15, 0.2) is 48.5 Å². The summed E-state index contributed by atoms with van der Waals surface area (Å²) in [5.41, 5.74) is 1.30. The van der Waals surface area contributed by atoms with E-state index in [2.05, 4.69) is 10.6 Å². The van der Waals surface area contributed by atoms with E-state index < -0.39 is 5.91 Å². The summed E-state index contributed by atoms with van der Waals surface area (Å²) in [6.07, 6.45) is 0. The normalized spacial score (nSPS) is 11.9. The summed E-state index contributed by atoms with van der Waals surface area (Å²) < 4.78 is 0. The number of amides is 2. The fourth-order valence-electron chi connectivity index (χ4n) is 2.52. The van der Waals surface area contributed by atoms with Gasteiger partial charge in [-0.3, -0.25) is 9.59 Å². The first-order valence-corrected chi connectivity index (χ1v) is 8.99. The zero-order valence-corrected chi connectivity index (χ0v) is 16.2. The molecule has 0 bridgehead atoms. The Morgan fingerprint density at radius 1 is 1.08 bits per heavy atom. The summed E-state index contributed by atoms with van der Waals surface area (Å²) in [5.74, 6) is -0.685. The van der Waals surface area contributed by atoms with Crippen LogP contribution in [-0.4, -0.2) is 39.0 Å².